The van der Waals surface area contributed by atoms with Crippen molar-refractivity contribution in [3.63, 3.8) is 0 Å². The third-order valence-corrected chi connectivity index (χ3v) is 4.43. The summed E-state index contributed by atoms with van der Waals surface area (Å²) in [7, 11) is 0. The Labute approximate surface area is 166 Å². The van der Waals surface area contributed by atoms with E-state index in [1.54, 1.807) is 13.0 Å². The number of hydrazine groups is 1. The minimum atomic E-state index is -1.24. The summed E-state index contributed by atoms with van der Waals surface area (Å²) < 4.78 is 10.2. The first-order valence-electron chi connectivity index (χ1n) is 9.64. The number of hydrogen-bond donors (Lipinski definition) is 4. The van der Waals surface area contributed by atoms with Gasteiger partial charge >= 0.3 is 11.9 Å². The van der Waals surface area contributed by atoms with Gasteiger partial charge in [-0.1, -0.05) is 38.7 Å². The lowest BCUT2D eigenvalue weighted by atomic mass is 9.93. The lowest BCUT2D eigenvalue weighted by Gasteiger charge is -2.26. The summed E-state index contributed by atoms with van der Waals surface area (Å²) in [6.07, 6.45) is 5.74. The van der Waals surface area contributed by atoms with Crippen LogP contribution in [0.5, 0.6) is 11.5 Å². The van der Waals surface area contributed by atoms with Crippen LogP contribution in [0.3, 0.4) is 0 Å². The van der Waals surface area contributed by atoms with Gasteiger partial charge in [-0.25, -0.2) is 10.2 Å². The van der Waals surface area contributed by atoms with Gasteiger partial charge in [0.25, 0.3) is 0 Å². The Morgan fingerprint density at radius 2 is 1.75 bits per heavy atom. The summed E-state index contributed by atoms with van der Waals surface area (Å²) in [5.41, 5.74) is 1.77. The standard InChI is InChI=1S/C20H32N2O6/c1-3-4-5-6-7-8-18(25)27-11-12-28-19(26)20(2,22-21)14-15-9-10-16(23)17(24)13-15/h9-10,13,22-24H,3-8,11-12,14,21H2,1-2H3. The van der Waals surface area contributed by atoms with Crippen molar-refractivity contribution in [3.8, 4) is 11.5 Å². The van der Waals surface area contributed by atoms with Crippen LogP contribution in [0.4, 0.5) is 0 Å². The van der Waals surface area contributed by atoms with Crippen molar-refractivity contribution in [1.29, 1.82) is 0 Å². The highest BCUT2D eigenvalue weighted by molar-refractivity contribution is 5.80. The summed E-state index contributed by atoms with van der Waals surface area (Å²) >= 11 is 0. The van der Waals surface area contributed by atoms with E-state index in [1.165, 1.54) is 18.6 Å². The number of carbonyl (C=O) groups excluding carboxylic acids is 2. The molecule has 1 aromatic rings. The molecule has 0 amide bonds. The number of rotatable bonds is 13. The highest BCUT2D eigenvalue weighted by atomic mass is 16.6. The first-order valence-corrected chi connectivity index (χ1v) is 9.64. The molecule has 5 N–H and O–H groups in total. The number of aromatic hydroxyl groups is 2. The molecule has 0 aromatic heterocycles. The molecule has 0 spiro atoms. The second-order valence-electron chi connectivity index (χ2n) is 7.00. The maximum atomic E-state index is 12.4. The molecular weight excluding hydrogens is 364 g/mol. The van der Waals surface area contributed by atoms with E-state index in [0.717, 1.165) is 25.7 Å². The van der Waals surface area contributed by atoms with Crippen molar-refractivity contribution < 1.29 is 29.3 Å². The van der Waals surface area contributed by atoms with Crippen molar-refractivity contribution in [3.05, 3.63) is 23.8 Å². The number of phenolic OH excluding ortho intramolecular Hbond substituents is 2. The number of carbonyl (C=O) groups is 2. The second kappa shape index (κ2) is 12.2. The van der Waals surface area contributed by atoms with Crippen molar-refractivity contribution in [1.82, 2.24) is 5.43 Å². The molecule has 28 heavy (non-hydrogen) atoms. The molecule has 0 heterocycles. The van der Waals surface area contributed by atoms with Gasteiger partial charge in [0.1, 0.15) is 18.8 Å². The Bertz CT molecular complexity index is 637. The zero-order chi connectivity index (χ0) is 21.0. The number of phenols is 2. The van der Waals surface area contributed by atoms with Gasteiger partial charge in [0, 0.05) is 12.8 Å². The van der Waals surface area contributed by atoms with Crippen molar-refractivity contribution in [2.45, 2.75) is 64.3 Å². The van der Waals surface area contributed by atoms with Gasteiger partial charge < -0.3 is 19.7 Å². The average molecular weight is 396 g/mol. The summed E-state index contributed by atoms with van der Waals surface area (Å²) in [5, 5.41) is 18.9. The highest BCUT2D eigenvalue weighted by Crippen LogP contribution is 2.27. The normalized spacial score (nSPS) is 13.0. The SMILES string of the molecule is CCCCCCCC(=O)OCCOC(=O)C(C)(Cc1ccc(O)c(O)c1)NN. The zero-order valence-corrected chi connectivity index (χ0v) is 16.7. The molecule has 8 nitrogen and oxygen atoms in total. The number of esters is 2. The van der Waals surface area contributed by atoms with E-state index in [9.17, 15) is 19.8 Å². The molecule has 0 aliphatic rings. The fraction of sp³-hybridized carbons (Fsp3) is 0.600. The Hall–Kier alpha value is -2.32. The van der Waals surface area contributed by atoms with Crippen molar-refractivity contribution >= 4 is 11.9 Å². The molecule has 1 atom stereocenters. The molecule has 1 aromatic carbocycles. The molecule has 1 unspecified atom stereocenters. The maximum absolute atomic E-state index is 12.4. The third-order valence-electron chi connectivity index (χ3n) is 4.43. The fourth-order valence-electron chi connectivity index (χ4n) is 2.66. The number of nitrogens with two attached hydrogens (primary N) is 1. The second-order valence-corrected chi connectivity index (χ2v) is 7.00. The van der Waals surface area contributed by atoms with E-state index in [2.05, 4.69) is 12.3 Å². The molecule has 0 saturated heterocycles. The van der Waals surface area contributed by atoms with Crippen LogP contribution in [-0.4, -0.2) is 40.9 Å². The smallest absolute Gasteiger partial charge is 0.327 e. The summed E-state index contributed by atoms with van der Waals surface area (Å²) in [6, 6.07) is 4.25. The van der Waals surface area contributed by atoms with Gasteiger partial charge in [0.05, 0.1) is 0 Å². The predicted molar refractivity (Wildman–Crippen MR) is 104 cm³/mol. The van der Waals surface area contributed by atoms with Crippen LogP contribution >= 0.6 is 0 Å². The van der Waals surface area contributed by atoms with Crippen molar-refractivity contribution in [2.24, 2.45) is 5.84 Å². The summed E-state index contributed by atoms with van der Waals surface area (Å²) in [6.45, 7) is 3.61. The van der Waals surface area contributed by atoms with E-state index in [4.69, 9.17) is 15.3 Å². The van der Waals surface area contributed by atoms with E-state index in [-0.39, 0.29) is 37.1 Å². The quantitative estimate of drug-likeness (QED) is 0.131. The molecule has 0 saturated carbocycles. The first-order chi connectivity index (χ1) is 13.3. The van der Waals surface area contributed by atoms with Crippen LogP contribution in [0, 0.1) is 0 Å². The van der Waals surface area contributed by atoms with Gasteiger partial charge in [-0.15, -0.1) is 0 Å². The number of hydrogen-bond acceptors (Lipinski definition) is 8. The van der Waals surface area contributed by atoms with Gasteiger partial charge in [0.15, 0.2) is 11.5 Å². The Morgan fingerprint density at radius 3 is 2.39 bits per heavy atom. The first kappa shape index (κ1) is 23.7. The minimum Gasteiger partial charge on any atom is -0.504 e. The average Bonchev–Trinajstić information content (AvgIpc) is 2.67. The van der Waals surface area contributed by atoms with Gasteiger partial charge in [-0.05, 0) is 31.0 Å². The van der Waals surface area contributed by atoms with Gasteiger partial charge in [0.2, 0.25) is 0 Å². The van der Waals surface area contributed by atoms with Crippen LogP contribution < -0.4 is 11.3 Å². The van der Waals surface area contributed by atoms with Gasteiger partial charge in [-0.2, -0.15) is 0 Å². The highest BCUT2D eigenvalue weighted by Gasteiger charge is 2.34. The zero-order valence-electron chi connectivity index (χ0n) is 16.7. The van der Waals surface area contributed by atoms with E-state index >= 15 is 0 Å². The number of nitrogens with one attached hydrogen (secondary N) is 1. The summed E-state index contributed by atoms with van der Waals surface area (Å²) in [4.78, 5) is 24.0. The number of benzene rings is 1. The van der Waals surface area contributed by atoms with E-state index in [0.29, 0.717) is 12.0 Å². The largest absolute Gasteiger partial charge is 0.504 e. The lowest BCUT2D eigenvalue weighted by Crippen LogP contribution is -2.55. The molecule has 0 bridgehead atoms. The maximum Gasteiger partial charge on any atom is 0.327 e. The topological polar surface area (TPSA) is 131 Å². The van der Waals surface area contributed by atoms with Crippen molar-refractivity contribution in [2.75, 3.05) is 13.2 Å². The van der Waals surface area contributed by atoms with E-state index in [1.807, 2.05) is 0 Å². The van der Waals surface area contributed by atoms with Gasteiger partial charge in [-0.3, -0.25) is 10.6 Å². The Kier molecular flexibility index (Phi) is 10.3. The van der Waals surface area contributed by atoms with Crippen LogP contribution in [0.25, 0.3) is 0 Å². The predicted octanol–water partition coefficient (Wildman–Crippen LogP) is 2.31. The van der Waals surface area contributed by atoms with Crippen LogP contribution in [-0.2, 0) is 25.5 Å². The van der Waals surface area contributed by atoms with Crippen LogP contribution in [0.15, 0.2) is 18.2 Å². The molecule has 0 aliphatic carbocycles. The lowest BCUT2D eigenvalue weighted by molar-refractivity contribution is -0.156. The number of unbranched alkanes of at least 4 members (excludes halogenated alkanes) is 4. The molecule has 1 rings (SSSR count). The third kappa shape index (κ3) is 8.14. The minimum absolute atomic E-state index is 0.0137. The van der Waals surface area contributed by atoms with Crippen LogP contribution in [0.2, 0.25) is 0 Å². The molecule has 8 heteroatoms. The monoisotopic (exact) mass is 396 g/mol. The molecule has 0 radical (unpaired) electrons. The fourth-order valence-corrected chi connectivity index (χ4v) is 2.66. The summed E-state index contributed by atoms with van der Waals surface area (Å²) in [5.74, 6) is 4.07. The Balaban J connectivity index is 2.36. The molecule has 0 aliphatic heterocycles. The Morgan fingerprint density at radius 1 is 1.07 bits per heavy atom. The molecule has 0 fully saturated rings. The molecule has 158 valence electrons. The number of ether oxygens (including phenoxy) is 2. The van der Waals surface area contributed by atoms with Crippen LogP contribution in [0.1, 0.15) is 57.9 Å². The molecular formula is C20H32N2O6. The van der Waals surface area contributed by atoms with E-state index < -0.39 is 11.5 Å².